The van der Waals surface area contributed by atoms with E-state index in [1.54, 1.807) is 0 Å². The fourth-order valence-corrected chi connectivity index (χ4v) is 4.42. The predicted molar refractivity (Wildman–Crippen MR) is 73.9 cm³/mol. The molecule has 1 heteroatoms. The molecule has 2 aliphatic rings. The van der Waals surface area contributed by atoms with E-state index < -0.39 is 0 Å². The quantitative estimate of drug-likeness (QED) is 0.637. The Morgan fingerprint density at radius 1 is 1.24 bits per heavy atom. The third kappa shape index (κ3) is 2.44. The zero-order valence-electron chi connectivity index (χ0n) is 12.3. The van der Waals surface area contributed by atoms with Crippen LogP contribution in [-0.2, 0) is 4.79 Å². The summed E-state index contributed by atoms with van der Waals surface area (Å²) in [5.74, 6) is 2.90. The topological polar surface area (TPSA) is 17.1 Å². The average Bonchev–Trinajstić information content (AvgIpc) is 2.70. The molecule has 0 aromatic carbocycles. The van der Waals surface area contributed by atoms with Gasteiger partial charge in [0.2, 0.25) is 0 Å². The number of hydrogen-bond acceptors (Lipinski definition) is 1. The van der Waals surface area contributed by atoms with Crippen molar-refractivity contribution in [1.82, 2.24) is 0 Å². The van der Waals surface area contributed by atoms with E-state index >= 15 is 0 Å². The Balaban J connectivity index is 0.000000686. The third-order valence-corrected chi connectivity index (χ3v) is 5.60. The Hall–Kier alpha value is -0.330. The zero-order chi connectivity index (χ0) is 13.1. The Labute approximate surface area is 107 Å². The van der Waals surface area contributed by atoms with Crippen molar-refractivity contribution in [3.63, 3.8) is 0 Å². The Morgan fingerprint density at radius 3 is 2.41 bits per heavy atom. The summed E-state index contributed by atoms with van der Waals surface area (Å²) in [5.41, 5.74) is 0.340. The van der Waals surface area contributed by atoms with E-state index in [9.17, 15) is 4.79 Å². The first-order valence-corrected chi connectivity index (χ1v) is 7.58. The van der Waals surface area contributed by atoms with Crippen molar-refractivity contribution in [1.29, 1.82) is 0 Å². The summed E-state index contributed by atoms with van der Waals surface area (Å²) < 4.78 is 0. The molecule has 5 atom stereocenters. The molecule has 2 aliphatic carbocycles. The second-order valence-corrected chi connectivity index (χ2v) is 6.00. The van der Waals surface area contributed by atoms with E-state index in [4.69, 9.17) is 0 Å². The van der Waals surface area contributed by atoms with Crippen LogP contribution >= 0.6 is 0 Å². The fourth-order valence-electron chi connectivity index (χ4n) is 4.42. The second kappa shape index (κ2) is 6.02. The highest BCUT2D eigenvalue weighted by molar-refractivity contribution is 5.56. The Bertz CT molecular complexity index is 248. The first-order valence-electron chi connectivity index (χ1n) is 7.58. The van der Waals surface area contributed by atoms with Gasteiger partial charge < -0.3 is 4.79 Å². The zero-order valence-corrected chi connectivity index (χ0v) is 12.3. The molecule has 0 amide bonds. The minimum absolute atomic E-state index is 0.340. The molecule has 0 aromatic rings. The lowest BCUT2D eigenvalue weighted by atomic mass is 9.58. The monoisotopic (exact) mass is 238 g/mol. The summed E-state index contributed by atoms with van der Waals surface area (Å²) in [6, 6.07) is 0. The first kappa shape index (κ1) is 14.7. The van der Waals surface area contributed by atoms with E-state index in [0.717, 1.165) is 24.2 Å². The molecular weight excluding hydrogens is 208 g/mol. The van der Waals surface area contributed by atoms with Gasteiger partial charge in [0.15, 0.2) is 0 Å². The highest BCUT2D eigenvalue weighted by Gasteiger charge is 2.51. The highest BCUT2D eigenvalue weighted by atomic mass is 16.1. The van der Waals surface area contributed by atoms with Crippen LogP contribution in [0.1, 0.15) is 66.7 Å². The molecular formula is C16H30O. The van der Waals surface area contributed by atoms with Crippen molar-refractivity contribution >= 4 is 6.29 Å². The van der Waals surface area contributed by atoms with Crippen LogP contribution in [0.2, 0.25) is 0 Å². The summed E-state index contributed by atoms with van der Waals surface area (Å²) in [6.07, 6.45) is 7.61. The van der Waals surface area contributed by atoms with Crippen LogP contribution in [-0.4, -0.2) is 6.29 Å². The molecule has 0 bridgehead atoms. The van der Waals surface area contributed by atoms with Gasteiger partial charge in [-0.25, -0.2) is 0 Å². The van der Waals surface area contributed by atoms with Gasteiger partial charge in [-0.2, -0.15) is 0 Å². The van der Waals surface area contributed by atoms with Gasteiger partial charge in [0, 0.05) is 5.92 Å². The largest absolute Gasteiger partial charge is 0.303 e. The van der Waals surface area contributed by atoms with E-state index in [2.05, 4.69) is 20.8 Å². The van der Waals surface area contributed by atoms with Gasteiger partial charge in [0.05, 0.1) is 0 Å². The lowest BCUT2D eigenvalue weighted by molar-refractivity contribution is -0.115. The highest BCUT2D eigenvalue weighted by Crippen LogP contribution is 2.58. The van der Waals surface area contributed by atoms with Crippen LogP contribution in [0.5, 0.6) is 0 Å². The van der Waals surface area contributed by atoms with Crippen LogP contribution in [0.4, 0.5) is 0 Å². The SMILES string of the molecule is CC.CCC1CCC2(C)C(C=O)CCC2C1C. The molecule has 0 aliphatic heterocycles. The second-order valence-electron chi connectivity index (χ2n) is 6.00. The standard InChI is InChI=1S/C14H24O.C2H6/c1-4-11-7-8-14(3)12(9-15)5-6-13(14)10(11)2;1-2/h9-13H,4-8H2,1-3H3;1-2H3. The van der Waals surface area contributed by atoms with Crippen molar-refractivity contribution in [2.45, 2.75) is 66.7 Å². The van der Waals surface area contributed by atoms with Crippen LogP contribution in [0.25, 0.3) is 0 Å². The molecule has 0 spiro atoms. The van der Waals surface area contributed by atoms with E-state index in [0.29, 0.717) is 11.3 Å². The van der Waals surface area contributed by atoms with Gasteiger partial charge in [-0.1, -0.05) is 41.0 Å². The first-order chi connectivity index (χ1) is 8.13. The van der Waals surface area contributed by atoms with Crippen LogP contribution in [0.3, 0.4) is 0 Å². The smallest absolute Gasteiger partial charge is 0.123 e. The number of fused-ring (bicyclic) bond motifs is 1. The van der Waals surface area contributed by atoms with Gasteiger partial charge in [-0.3, -0.25) is 0 Å². The van der Waals surface area contributed by atoms with Crippen LogP contribution in [0, 0.1) is 29.1 Å². The number of carbonyl (C=O) groups is 1. The van der Waals surface area contributed by atoms with Crippen LogP contribution < -0.4 is 0 Å². The van der Waals surface area contributed by atoms with Crippen molar-refractivity contribution in [2.75, 3.05) is 0 Å². The summed E-state index contributed by atoms with van der Waals surface area (Å²) in [7, 11) is 0. The summed E-state index contributed by atoms with van der Waals surface area (Å²) >= 11 is 0. The fraction of sp³-hybridized carbons (Fsp3) is 0.938. The van der Waals surface area contributed by atoms with Crippen molar-refractivity contribution in [3.8, 4) is 0 Å². The van der Waals surface area contributed by atoms with Crippen molar-refractivity contribution in [3.05, 3.63) is 0 Å². The van der Waals surface area contributed by atoms with Crippen molar-refractivity contribution < 1.29 is 4.79 Å². The molecule has 0 radical (unpaired) electrons. The molecule has 17 heavy (non-hydrogen) atoms. The molecule has 1 nitrogen and oxygen atoms in total. The minimum atomic E-state index is 0.340. The third-order valence-electron chi connectivity index (χ3n) is 5.60. The molecule has 5 unspecified atom stereocenters. The van der Waals surface area contributed by atoms with Gasteiger partial charge in [-0.05, 0) is 48.9 Å². The lowest BCUT2D eigenvalue weighted by Crippen LogP contribution is -2.40. The van der Waals surface area contributed by atoms with Gasteiger partial charge in [0.25, 0.3) is 0 Å². The summed E-state index contributed by atoms with van der Waals surface area (Å²) in [6.45, 7) is 11.1. The maximum absolute atomic E-state index is 11.1. The molecule has 2 fully saturated rings. The van der Waals surface area contributed by atoms with E-state index in [1.165, 1.54) is 32.0 Å². The lowest BCUT2D eigenvalue weighted by Gasteiger charge is -2.46. The number of hydrogen-bond donors (Lipinski definition) is 0. The number of carbonyl (C=O) groups excluding carboxylic acids is 1. The van der Waals surface area contributed by atoms with Gasteiger partial charge in [-0.15, -0.1) is 0 Å². The van der Waals surface area contributed by atoms with Crippen molar-refractivity contribution in [2.24, 2.45) is 29.1 Å². The van der Waals surface area contributed by atoms with Crippen LogP contribution in [0.15, 0.2) is 0 Å². The molecule has 0 heterocycles. The predicted octanol–water partition coefficient (Wildman–Crippen LogP) is 4.70. The Kier molecular flexibility index (Phi) is 5.22. The molecule has 0 aromatic heterocycles. The maximum atomic E-state index is 11.1. The summed E-state index contributed by atoms with van der Waals surface area (Å²) in [4.78, 5) is 11.1. The van der Waals surface area contributed by atoms with Gasteiger partial charge >= 0.3 is 0 Å². The molecule has 0 saturated heterocycles. The average molecular weight is 238 g/mol. The minimum Gasteiger partial charge on any atom is -0.303 e. The molecule has 2 saturated carbocycles. The number of aldehydes is 1. The summed E-state index contributed by atoms with van der Waals surface area (Å²) in [5, 5.41) is 0. The van der Waals surface area contributed by atoms with E-state index in [1.807, 2.05) is 13.8 Å². The maximum Gasteiger partial charge on any atom is 0.123 e. The van der Waals surface area contributed by atoms with E-state index in [-0.39, 0.29) is 0 Å². The molecule has 2 rings (SSSR count). The normalized spacial score (nSPS) is 44.5. The molecule has 100 valence electrons. The number of rotatable bonds is 2. The Morgan fingerprint density at radius 2 is 1.88 bits per heavy atom. The van der Waals surface area contributed by atoms with Gasteiger partial charge in [0.1, 0.15) is 6.29 Å². The molecule has 0 N–H and O–H groups in total.